The number of nitrogens with two attached hydrogens (primary N) is 1. The van der Waals surface area contributed by atoms with Gasteiger partial charge in [0.2, 0.25) is 5.91 Å². The lowest BCUT2D eigenvalue weighted by Crippen LogP contribution is -2.26. The first kappa shape index (κ1) is 15.3. The van der Waals surface area contributed by atoms with Crippen molar-refractivity contribution in [3.05, 3.63) is 23.8 Å². The molecule has 1 amide bonds. The quantitative estimate of drug-likeness (QED) is 0.691. The van der Waals surface area contributed by atoms with E-state index in [2.05, 4.69) is 5.32 Å². The molecule has 0 heterocycles. The van der Waals surface area contributed by atoms with Gasteiger partial charge < -0.3 is 20.5 Å². The number of hydrogen-bond acceptors (Lipinski definition) is 4. The molecule has 5 heteroatoms. The Balaban J connectivity index is 2.53. The normalized spacial score (nSPS) is 10.1. The monoisotopic (exact) mass is 266 g/mol. The third-order valence-corrected chi connectivity index (χ3v) is 2.81. The maximum absolute atomic E-state index is 11.6. The van der Waals surface area contributed by atoms with Gasteiger partial charge in [0.05, 0.1) is 14.2 Å². The van der Waals surface area contributed by atoms with E-state index >= 15 is 0 Å². The predicted octanol–water partition coefficient (Wildman–Crippen LogP) is 1.10. The van der Waals surface area contributed by atoms with Crippen molar-refractivity contribution in [2.75, 3.05) is 27.3 Å². The molecule has 0 bridgehead atoms. The minimum Gasteiger partial charge on any atom is -0.497 e. The van der Waals surface area contributed by atoms with Crippen LogP contribution >= 0.6 is 0 Å². The van der Waals surface area contributed by atoms with E-state index in [1.54, 1.807) is 14.2 Å². The molecule has 0 radical (unpaired) electrons. The Bertz CT molecular complexity index is 408. The number of aryl methyl sites for hydroxylation is 1. The molecule has 3 N–H and O–H groups in total. The minimum absolute atomic E-state index is 0.0262. The smallest absolute Gasteiger partial charge is 0.220 e. The fraction of sp³-hybridized carbons (Fsp3) is 0.500. The molecule has 0 aliphatic rings. The molecular weight excluding hydrogens is 244 g/mol. The van der Waals surface area contributed by atoms with Crippen LogP contribution in [-0.2, 0) is 11.2 Å². The zero-order valence-electron chi connectivity index (χ0n) is 11.6. The van der Waals surface area contributed by atoms with E-state index < -0.39 is 0 Å². The first-order valence-corrected chi connectivity index (χ1v) is 6.39. The highest BCUT2D eigenvalue weighted by molar-refractivity contribution is 5.76. The van der Waals surface area contributed by atoms with Gasteiger partial charge in [-0.05, 0) is 43.1 Å². The molecule has 0 fully saturated rings. The Hall–Kier alpha value is -1.75. The molecule has 1 aromatic rings. The molecule has 0 spiro atoms. The zero-order valence-corrected chi connectivity index (χ0v) is 11.6. The summed E-state index contributed by atoms with van der Waals surface area (Å²) >= 11 is 0. The second-order valence-electron chi connectivity index (χ2n) is 4.17. The molecular formula is C14H22N2O3. The number of hydrogen-bond donors (Lipinski definition) is 2. The van der Waals surface area contributed by atoms with E-state index in [9.17, 15) is 4.79 Å². The van der Waals surface area contributed by atoms with Crippen molar-refractivity contribution >= 4 is 5.91 Å². The number of carbonyl (C=O) groups excluding carboxylic acids is 1. The highest BCUT2D eigenvalue weighted by Gasteiger charge is 2.08. The zero-order chi connectivity index (χ0) is 14.1. The lowest BCUT2D eigenvalue weighted by molar-refractivity contribution is -0.121. The maximum Gasteiger partial charge on any atom is 0.220 e. The molecule has 19 heavy (non-hydrogen) atoms. The lowest BCUT2D eigenvalue weighted by Gasteiger charge is -2.10. The molecule has 0 saturated heterocycles. The van der Waals surface area contributed by atoms with Crippen molar-refractivity contribution in [3.63, 3.8) is 0 Å². The van der Waals surface area contributed by atoms with Gasteiger partial charge >= 0.3 is 0 Å². The number of amides is 1. The SMILES string of the molecule is COc1ccc(OC)c(CCC(=O)NCCCN)c1. The Labute approximate surface area is 114 Å². The van der Waals surface area contributed by atoms with Crippen molar-refractivity contribution < 1.29 is 14.3 Å². The molecule has 0 saturated carbocycles. The summed E-state index contributed by atoms with van der Waals surface area (Å²) < 4.78 is 10.4. The number of methoxy groups -OCH3 is 2. The summed E-state index contributed by atoms with van der Waals surface area (Å²) in [4.78, 5) is 11.6. The first-order chi connectivity index (χ1) is 9.21. The number of rotatable bonds is 8. The Kier molecular flexibility index (Phi) is 6.74. The summed E-state index contributed by atoms with van der Waals surface area (Å²) in [5, 5.41) is 2.83. The van der Waals surface area contributed by atoms with E-state index in [4.69, 9.17) is 15.2 Å². The summed E-state index contributed by atoms with van der Waals surface area (Å²) in [6.07, 6.45) is 1.84. The van der Waals surface area contributed by atoms with Gasteiger partial charge in [0.15, 0.2) is 0 Å². The van der Waals surface area contributed by atoms with Gasteiger partial charge in [0.1, 0.15) is 11.5 Å². The van der Waals surface area contributed by atoms with Gasteiger partial charge in [-0.1, -0.05) is 0 Å². The van der Waals surface area contributed by atoms with E-state index in [0.717, 1.165) is 23.5 Å². The topological polar surface area (TPSA) is 73.6 Å². The van der Waals surface area contributed by atoms with Crippen LogP contribution in [0, 0.1) is 0 Å². The molecule has 5 nitrogen and oxygen atoms in total. The molecule has 0 unspecified atom stereocenters. The summed E-state index contributed by atoms with van der Waals surface area (Å²) in [6.45, 7) is 1.22. The minimum atomic E-state index is 0.0262. The van der Waals surface area contributed by atoms with Crippen LogP contribution in [0.15, 0.2) is 18.2 Å². The summed E-state index contributed by atoms with van der Waals surface area (Å²) in [7, 11) is 3.23. The van der Waals surface area contributed by atoms with Crippen LogP contribution in [0.2, 0.25) is 0 Å². The molecule has 1 aromatic carbocycles. The fourth-order valence-corrected chi connectivity index (χ4v) is 1.74. The Morgan fingerprint density at radius 1 is 1.32 bits per heavy atom. The van der Waals surface area contributed by atoms with Gasteiger partial charge in [-0.3, -0.25) is 4.79 Å². The third-order valence-electron chi connectivity index (χ3n) is 2.81. The van der Waals surface area contributed by atoms with Crippen LogP contribution in [0.25, 0.3) is 0 Å². The summed E-state index contributed by atoms with van der Waals surface area (Å²) in [5.41, 5.74) is 6.34. The van der Waals surface area contributed by atoms with Crippen LogP contribution in [0.1, 0.15) is 18.4 Å². The van der Waals surface area contributed by atoms with E-state index in [0.29, 0.717) is 25.9 Å². The molecule has 0 atom stereocenters. The van der Waals surface area contributed by atoms with Crippen molar-refractivity contribution in [1.29, 1.82) is 0 Å². The third kappa shape index (κ3) is 5.18. The lowest BCUT2D eigenvalue weighted by atomic mass is 10.1. The second kappa shape index (κ2) is 8.37. The average molecular weight is 266 g/mol. The van der Waals surface area contributed by atoms with Crippen LogP contribution in [0.4, 0.5) is 0 Å². The van der Waals surface area contributed by atoms with Gasteiger partial charge in [0.25, 0.3) is 0 Å². The summed E-state index contributed by atoms with van der Waals surface area (Å²) in [6, 6.07) is 5.58. The predicted molar refractivity (Wildman–Crippen MR) is 74.5 cm³/mol. The van der Waals surface area contributed by atoms with Crippen LogP contribution in [0.5, 0.6) is 11.5 Å². The maximum atomic E-state index is 11.6. The highest BCUT2D eigenvalue weighted by atomic mass is 16.5. The standard InChI is InChI=1S/C14H22N2O3/c1-18-12-5-6-13(19-2)11(10-12)4-7-14(17)16-9-3-8-15/h5-6,10H,3-4,7-9,15H2,1-2H3,(H,16,17). The van der Waals surface area contributed by atoms with Crippen molar-refractivity contribution in [2.45, 2.75) is 19.3 Å². The molecule has 0 aliphatic heterocycles. The van der Waals surface area contributed by atoms with E-state index in [-0.39, 0.29) is 5.91 Å². The number of ether oxygens (including phenoxy) is 2. The van der Waals surface area contributed by atoms with E-state index in [1.165, 1.54) is 0 Å². The highest BCUT2D eigenvalue weighted by Crippen LogP contribution is 2.24. The number of nitrogens with one attached hydrogen (secondary N) is 1. The average Bonchev–Trinajstić information content (AvgIpc) is 2.45. The largest absolute Gasteiger partial charge is 0.497 e. The van der Waals surface area contributed by atoms with Gasteiger partial charge in [0, 0.05) is 13.0 Å². The molecule has 106 valence electrons. The Morgan fingerprint density at radius 3 is 2.74 bits per heavy atom. The van der Waals surface area contributed by atoms with Crippen LogP contribution in [-0.4, -0.2) is 33.2 Å². The molecule has 0 aliphatic carbocycles. The number of carbonyl (C=O) groups is 1. The van der Waals surface area contributed by atoms with Crippen LogP contribution in [0.3, 0.4) is 0 Å². The first-order valence-electron chi connectivity index (χ1n) is 6.39. The van der Waals surface area contributed by atoms with Crippen molar-refractivity contribution in [1.82, 2.24) is 5.32 Å². The summed E-state index contributed by atoms with van der Waals surface area (Å²) in [5.74, 6) is 1.56. The molecule has 0 aromatic heterocycles. The Morgan fingerprint density at radius 2 is 2.11 bits per heavy atom. The fourth-order valence-electron chi connectivity index (χ4n) is 1.74. The van der Waals surface area contributed by atoms with Gasteiger partial charge in [-0.15, -0.1) is 0 Å². The molecule has 1 rings (SSSR count). The van der Waals surface area contributed by atoms with Crippen LogP contribution < -0.4 is 20.5 Å². The van der Waals surface area contributed by atoms with Crippen molar-refractivity contribution in [2.24, 2.45) is 5.73 Å². The van der Waals surface area contributed by atoms with Gasteiger partial charge in [-0.2, -0.15) is 0 Å². The van der Waals surface area contributed by atoms with E-state index in [1.807, 2.05) is 18.2 Å². The van der Waals surface area contributed by atoms with Gasteiger partial charge in [-0.25, -0.2) is 0 Å². The number of benzene rings is 1. The second-order valence-corrected chi connectivity index (χ2v) is 4.17. The van der Waals surface area contributed by atoms with Crippen molar-refractivity contribution in [3.8, 4) is 11.5 Å².